The van der Waals surface area contributed by atoms with Gasteiger partial charge in [-0.05, 0) is 18.6 Å². The van der Waals surface area contributed by atoms with Gasteiger partial charge in [-0.15, -0.1) is 0 Å². The number of benzene rings is 2. The normalized spacial score (nSPS) is 11.4. The number of aryl methyl sites for hydroxylation is 1. The summed E-state index contributed by atoms with van der Waals surface area (Å²) in [5.41, 5.74) is 4.24. The Morgan fingerprint density at radius 1 is 1.14 bits per heavy atom. The van der Waals surface area contributed by atoms with Gasteiger partial charge in [0.25, 0.3) is 5.89 Å². The molecule has 0 amide bonds. The zero-order chi connectivity index (χ0) is 19.3. The van der Waals surface area contributed by atoms with Crippen molar-refractivity contribution >= 4 is 11.6 Å². The van der Waals surface area contributed by atoms with E-state index in [0.717, 1.165) is 22.3 Å². The van der Waals surface area contributed by atoms with Crippen molar-refractivity contribution in [3.63, 3.8) is 0 Å². The molecule has 2 aromatic carbocycles. The van der Waals surface area contributed by atoms with E-state index >= 15 is 0 Å². The van der Waals surface area contributed by atoms with E-state index < -0.39 is 0 Å². The average Bonchev–Trinajstić information content (AvgIpc) is 3.37. The van der Waals surface area contributed by atoms with Gasteiger partial charge < -0.3 is 4.52 Å². The van der Waals surface area contributed by atoms with Crippen LogP contribution in [0.15, 0.2) is 71.5 Å². The topological polar surface area (TPSA) is 80.5 Å². The maximum atomic E-state index is 9.53. The lowest BCUT2D eigenvalue weighted by Gasteiger charge is -2.00. The molecule has 2 heterocycles. The Kier molecular flexibility index (Phi) is 4.81. The fourth-order valence-corrected chi connectivity index (χ4v) is 2.77. The Labute approximate surface area is 162 Å². The minimum atomic E-state index is 0.189. The Bertz CT molecular complexity index is 1150. The summed E-state index contributed by atoms with van der Waals surface area (Å²) in [7, 11) is 0. The van der Waals surface area contributed by atoms with E-state index in [1.807, 2.05) is 72.4 Å². The fraction of sp³-hybridized carbons (Fsp3) is 0.0909. The van der Waals surface area contributed by atoms with E-state index in [-0.39, 0.29) is 5.89 Å². The van der Waals surface area contributed by atoms with E-state index in [4.69, 9.17) is 4.52 Å². The van der Waals surface area contributed by atoms with Gasteiger partial charge >= 0.3 is 0 Å². The van der Waals surface area contributed by atoms with Crippen LogP contribution in [0.4, 0.5) is 0 Å². The van der Waals surface area contributed by atoms with Crippen LogP contribution < -0.4 is 0 Å². The Hall–Kier alpha value is -3.98. The molecule has 28 heavy (non-hydrogen) atoms. The zero-order valence-corrected chi connectivity index (χ0v) is 15.3. The predicted molar refractivity (Wildman–Crippen MR) is 106 cm³/mol. The van der Waals surface area contributed by atoms with Crippen molar-refractivity contribution in [2.75, 3.05) is 0 Å². The van der Waals surface area contributed by atoms with Crippen LogP contribution in [-0.4, -0.2) is 19.9 Å². The van der Waals surface area contributed by atoms with Gasteiger partial charge in [-0.25, -0.2) is 0 Å². The highest BCUT2D eigenvalue weighted by Crippen LogP contribution is 2.21. The van der Waals surface area contributed by atoms with Gasteiger partial charge in [-0.1, -0.05) is 65.3 Å². The molecule has 6 nitrogen and oxygen atoms in total. The van der Waals surface area contributed by atoms with Gasteiger partial charge in [-0.3, -0.25) is 4.68 Å². The number of allylic oxidation sites excluding steroid dienone is 1. The summed E-state index contributed by atoms with van der Waals surface area (Å²) < 4.78 is 7.12. The predicted octanol–water partition coefficient (Wildman–Crippen LogP) is 4.35. The zero-order valence-electron chi connectivity index (χ0n) is 15.3. The molecule has 0 N–H and O–H groups in total. The van der Waals surface area contributed by atoms with Crippen LogP contribution in [-0.2, 0) is 6.54 Å². The highest BCUT2D eigenvalue weighted by Gasteiger charge is 2.13. The summed E-state index contributed by atoms with van der Waals surface area (Å²) >= 11 is 0. The molecule has 0 aliphatic carbocycles. The summed E-state index contributed by atoms with van der Waals surface area (Å²) in [6.45, 7) is 2.68. The second-order valence-corrected chi connectivity index (χ2v) is 6.42. The van der Waals surface area contributed by atoms with Gasteiger partial charge in [0.15, 0.2) is 0 Å². The van der Waals surface area contributed by atoms with E-state index in [1.165, 1.54) is 0 Å². The third-order valence-corrected chi connectivity index (χ3v) is 4.24. The molecule has 0 saturated heterocycles. The monoisotopic (exact) mass is 367 g/mol. The fourth-order valence-electron chi connectivity index (χ4n) is 2.77. The lowest BCUT2D eigenvalue weighted by Crippen LogP contribution is -1.99. The molecular weight excluding hydrogens is 350 g/mol. The van der Waals surface area contributed by atoms with Crippen molar-refractivity contribution in [3.05, 3.63) is 89.6 Å². The molecule has 0 bridgehead atoms. The molecule has 0 saturated carbocycles. The van der Waals surface area contributed by atoms with Crippen molar-refractivity contribution in [3.8, 4) is 17.5 Å². The molecule has 0 spiro atoms. The number of hydrogen-bond acceptors (Lipinski definition) is 5. The summed E-state index contributed by atoms with van der Waals surface area (Å²) in [5.74, 6) is 0.643. The van der Waals surface area contributed by atoms with Crippen molar-refractivity contribution in [1.82, 2.24) is 19.9 Å². The first-order chi connectivity index (χ1) is 13.7. The first-order valence-electron chi connectivity index (χ1n) is 8.80. The van der Waals surface area contributed by atoms with Crippen LogP contribution in [0.1, 0.15) is 22.6 Å². The largest absolute Gasteiger partial charge is 0.333 e. The van der Waals surface area contributed by atoms with Crippen molar-refractivity contribution in [2.45, 2.75) is 13.5 Å². The maximum Gasteiger partial charge on any atom is 0.268 e. The van der Waals surface area contributed by atoms with Crippen LogP contribution in [0.3, 0.4) is 0 Å². The Morgan fingerprint density at radius 2 is 1.93 bits per heavy atom. The number of rotatable bonds is 5. The summed E-state index contributed by atoms with van der Waals surface area (Å²) in [6.07, 6.45) is 5.28. The Morgan fingerprint density at radius 3 is 2.68 bits per heavy atom. The number of hydrogen-bond donors (Lipinski definition) is 0. The third-order valence-electron chi connectivity index (χ3n) is 4.24. The minimum absolute atomic E-state index is 0.189. The maximum absolute atomic E-state index is 9.53. The molecule has 0 aliphatic rings. The first-order valence-corrected chi connectivity index (χ1v) is 8.80. The second kappa shape index (κ2) is 7.72. The molecule has 2 aromatic heterocycles. The average molecular weight is 367 g/mol. The van der Waals surface area contributed by atoms with Crippen molar-refractivity contribution in [2.24, 2.45) is 0 Å². The highest BCUT2D eigenvalue weighted by molar-refractivity contribution is 5.86. The van der Waals surface area contributed by atoms with Gasteiger partial charge in [0.1, 0.15) is 11.6 Å². The van der Waals surface area contributed by atoms with E-state index in [9.17, 15) is 5.26 Å². The summed E-state index contributed by atoms with van der Waals surface area (Å²) in [5, 5.41) is 17.9. The SMILES string of the molecule is Cc1ccc(-c2noc(/C(C#N)=C/c3cnn(Cc4ccccc4)c3)n2)cc1. The molecule has 0 fully saturated rings. The van der Waals surface area contributed by atoms with Crippen LogP contribution in [0, 0.1) is 18.3 Å². The standard InChI is InChI=1S/C22H17N5O/c1-16-7-9-19(10-8-16)21-25-22(28-26-21)20(12-23)11-18-13-24-27(15-18)14-17-5-3-2-4-6-17/h2-11,13,15H,14H2,1H3/b20-11+. The lowest BCUT2D eigenvalue weighted by atomic mass is 10.1. The van der Waals surface area contributed by atoms with Gasteiger partial charge in [0, 0.05) is 17.3 Å². The van der Waals surface area contributed by atoms with Crippen molar-refractivity contribution < 1.29 is 4.52 Å². The quantitative estimate of drug-likeness (QED) is 0.490. The van der Waals surface area contributed by atoms with E-state index in [1.54, 1.807) is 12.3 Å². The molecule has 0 aliphatic heterocycles. The van der Waals surface area contributed by atoms with E-state index in [2.05, 4.69) is 21.3 Å². The summed E-state index contributed by atoms with van der Waals surface area (Å²) in [4.78, 5) is 4.36. The smallest absolute Gasteiger partial charge is 0.268 e. The molecule has 0 atom stereocenters. The van der Waals surface area contributed by atoms with Crippen LogP contribution in [0.25, 0.3) is 23.0 Å². The highest BCUT2D eigenvalue weighted by atomic mass is 16.5. The molecular formula is C22H17N5O. The van der Waals surface area contributed by atoms with Gasteiger partial charge in [0.05, 0.1) is 12.7 Å². The molecule has 0 unspecified atom stereocenters. The van der Waals surface area contributed by atoms with Crippen LogP contribution in [0.5, 0.6) is 0 Å². The minimum Gasteiger partial charge on any atom is -0.333 e. The van der Waals surface area contributed by atoms with Crippen LogP contribution >= 0.6 is 0 Å². The molecule has 136 valence electrons. The molecule has 4 rings (SSSR count). The lowest BCUT2D eigenvalue weighted by molar-refractivity contribution is 0.409. The Balaban J connectivity index is 1.55. The number of nitriles is 1. The number of aromatic nitrogens is 4. The van der Waals surface area contributed by atoms with E-state index in [0.29, 0.717) is 17.9 Å². The second-order valence-electron chi connectivity index (χ2n) is 6.42. The number of nitrogens with zero attached hydrogens (tertiary/aromatic N) is 5. The molecule has 6 heteroatoms. The third kappa shape index (κ3) is 3.89. The van der Waals surface area contributed by atoms with Gasteiger partial charge in [0.2, 0.25) is 5.82 Å². The van der Waals surface area contributed by atoms with Crippen LogP contribution in [0.2, 0.25) is 0 Å². The first kappa shape index (κ1) is 17.4. The van der Waals surface area contributed by atoms with Crippen molar-refractivity contribution in [1.29, 1.82) is 5.26 Å². The van der Waals surface area contributed by atoms with Gasteiger partial charge in [-0.2, -0.15) is 15.3 Å². The molecule has 4 aromatic rings. The summed E-state index contributed by atoms with van der Waals surface area (Å²) in [6, 6.07) is 20.0. The molecule has 0 radical (unpaired) electrons.